The molecule has 0 aliphatic heterocycles. The number of nitrogens with zero attached hydrogens (tertiary/aromatic N) is 2. The molecule has 3 N–H and O–H groups in total. The van der Waals surface area contributed by atoms with Crippen LogP contribution in [0.25, 0.3) is 11.3 Å². The Balaban J connectivity index is 1.80. The first-order chi connectivity index (χ1) is 15.4. The second kappa shape index (κ2) is 9.32. The maximum Gasteiger partial charge on any atom is 0.271 e. The van der Waals surface area contributed by atoms with Gasteiger partial charge in [0.25, 0.3) is 5.91 Å². The third-order valence-corrected chi connectivity index (χ3v) is 5.88. The topological polar surface area (TPSA) is 99.4 Å². The van der Waals surface area contributed by atoms with Crippen LogP contribution in [0.15, 0.2) is 42.5 Å². The lowest BCUT2D eigenvalue weighted by atomic mass is 10.1. The lowest BCUT2D eigenvalue weighted by Crippen LogP contribution is -2.27. The predicted molar refractivity (Wildman–Crippen MR) is 124 cm³/mol. The van der Waals surface area contributed by atoms with E-state index < -0.39 is 5.91 Å². The number of nitrogens with two attached hydrogens (primary N) is 1. The van der Waals surface area contributed by atoms with Crippen LogP contribution in [-0.4, -0.2) is 35.7 Å². The summed E-state index contributed by atoms with van der Waals surface area (Å²) in [6, 6.07) is 12.8. The van der Waals surface area contributed by atoms with Gasteiger partial charge in [-0.05, 0) is 36.2 Å². The molecule has 2 aromatic carbocycles. The Labute approximate surface area is 195 Å². The fourth-order valence-electron chi connectivity index (χ4n) is 3.94. The third kappa shape index (κ3) is 4.24. The van der Waals surface area contributed by atoms with Gasteiger partial charge in [-0.15, -0.1) is 0 Å². The molecule has 3 aromatic rings. The maximum absolute atomic E-state index is 12.3. The van der Waals surface area contributed by atoms with Gasteiger partial charge in [0.15, 0.2) is 11.5 Å². The Morgan fingerprint density at radius 2 is 2.00 bits per heavy atom. The molecule has 0 spiro atoms. The summed E-state index contributed by atoms with van der Waals surface area (Å²) in [7, 11) is 1.47. The summed E-state index contributed by atoms with van der Waals surface area (Å²) < 4.78 is 11.4. The number of ether oxygens (including phenoxy) is 2. The van der Waals surface area contributed by atoms with E-state index in [1.807, 2.05) is 25.1 Å². The molecule has 7 nitrogen and oxygen atoms in total. The molecule has 0 saturated carbocycles. The van der Waals surface area contributed by atoms with Crippen molar-refractivity contribution in [2.45, 2.75) is 25.5 Å². The van der Waals surface area contributed by atoms with Crippen molar-refractivity contribution < 1.29 is 14.3 Å². The summed E-state index contributed by atoms with van der Waals surface area (Å²) in [5.74, 6) is -0.316. The number of aromatic nitrogens is 2. The first kappa shape index (κ1) is 22.3. The number of fused-ring (bicyclic) bond motifs is 1. The van der Waals surface area contributed by atoms with Crippen molar-refractivity contribution in [3.8, 4) is 17.1 Å². The quantitative estimate of drug-likeness (QED) is 0.518. The number of hydrogen-bond donors (Lipinski definition) is 2. The van der Waals surface area contributed by atoms with Crippen molar-refractivity contribution in [1.29, 1.82) is 0 Å². The van der Waals surface area contributed by atoms with Gasteiger partial charge in [-0.1, -0.05) is 47.5 Å². The molecule has 2 atom stereocenters. The Kier molecular flexibility index (Phi) is 6.50. The SMILES string of the molecule is CCO[C@H]1Cc2ccccc2[C@H]1Nc1nc(OC)c(-c2ccc(Cl)cc2Cl)nc1C(N)=O. The molecule has 0 bridgehead atoms. The fourth-order valence-corrected chi connectivity index (χ4v) is 4.44. The summed E-state index contributed by atoms with van der Waals surface area (Å²) in [5, 5.41) is 4.15. The Morgan fingerprint density at radius 1 is 1.22 bits per heavy atom. The van der Waals surface area contributed by atoms with E-state index in [0.717, 1.165) is 12.0 Å². The number of methoxy groups -OCH3 is 1. The molecule has 0 radical (unpaired) electrons. The second-order valence-corrected chi connectivity index (χ2v) is 8.13. The van der Waals surface area contributed by atoms with E-state index in [9.17, 15) is 4.79 Å². The fraction of sp³-hybridized carbons (Fsp3) is 0.261. The number of rotatable bonds is 7. The smallest absolute Gasteiger partial charge is 0.271 e. The predicted octanol–water partition coefficient (Wildman–Crippen LogP) is 4.67. The van der Waals surface area contributed by atoms with Crippen molar-refractivity contribution in [2.24, 2.45) is 5.73 Å². The number of carbonyl (C=O) groups is 1. The molecule has 1 aliphatic carbocycles. The van der Waals surface area contributed by atoms with Gasteiger partial charge in [0.05, 0.1) is 24.3 Å². The van der Waals surface area contributed by atoms with Crippen LogP contribution in [0.3, 0.4) is 0 Å². The van der Waals surface area contributed by atoms with Crippen LogP contribution in [0.5, 0.6) is 5.88 Å². The standard InChI is InChI=1S/C23H22Cl2N4O3/c1-3-32-17-10-12-6-4-5-7-14(12)18(17)28-22-20(21(26)30)27-19(23(29-22)31-2)15-9-8-13(24)11-16(15)25/h4-9,11,17-18H,3,10H2,1-2H3,(H2,26,30)(H,28,29)/t17-,18+/m0/s1. The molecule has 0 saturated heterocycles. The number of benzene rings is 2. The Bertz CT molecular complexity index is 1170. The normalized spacial score (nSPS) is 17.1. The number of amides is 1. The van der Waals surface area contributed by atoms with Crippen LogP contribution in [0.4, 0.5) is 5.82 Å². The van der Waals surface area contributed by atoms with Gasteiger partial charge in [0, 0.05) is 23.6 Å². The molecule has 9 heteroatoms. The zero-order valence-corrected chi connectivity index (χ0v) is 19.1. The van der Waals surface area contributed by atoms with Crippen molar-refractivity contribution in [3.63, 3.8) is 0 Å². The van der Waals surface area contributed by atoms with Crippen LogP contribution in [0, 0.1) is 0 Å². The molecule has 1 heterocycles. The molecular weight excluding hydrogens is 451 g/mol. The van der Waals surface area contributed by atoms with Crippen LogP contribution in [0.1, 0.15) is 34.6 Å². The molecule has 0 fully saturated rings. The molecule has 1 amide bonds. The van der Waals surface area contributed by atoms with E-state index in [2.05, 4.69) is 21.4 Å². The average molecular weight is 473 g/mol. The summed E-state index contributed by atoms with van der Waals surface area (Å²) in [6.07, 6.45) is 0.618. The van der Waals surface area contributed by atoms with Crippen LogP contribution < -0.4 is 15.8 Å². The lowest BCUT2D eigenvalue weighted by Gasteiger charge is -2.23. The highest BCUT2D eigenvalue weighted by Gasteiger charge is 2.34. The minimum Gasteiger partial charge on any atom is -0.479 e. The second-order valence-electron chi connectivity index (χ2n) is 7.29. The summed E-state index contributed by atoms with van der Waals surface area (Å²) in [5.41, 5.74) is 8.71. The van der Waals surface area contributed by atoms with E-state index in [0.29, 0.717) is 27.9 Å². The lowest BCUT2D eigenvalue weighted by molar-refractivity contribution is 0.0573. The molecular formula is C23H22Cl2N4O3. The number of carbonyl (C=O) groups excluding carboxylic acids is 1. The van der Waals surface area contributed by atoms with Gasteiger partial charge >= 0.3 is 0 Å². The van der Waals surface area contributed by atoms with E-state index in [4.69, 9.17) is 38.4 Å². The maximum atomic E-state index is 12.3. The van der Waals surface area contributed by atoms with Gasteiger partial charge in [-0.2, -0.15) is 4.98 Å². The van der Waals surface area contributed by atoms with Crippen molar-refractivity contribution in [3.05, 3.63) is 69.3 Å². The van der Waals surface area contributed by atoms with Gasteiger partial charge in [-0.25, -0.2) is 4.98 Å². The van der Waals surface area contributed by atoms with Gasteiger partial charge in [0.1, 0.15) is 5.69 Å². The first-order valence-corrected chi connectivity index (χ1v) is 10.9. The van der Waals surface area contributed by atoms with Crippen LogP contribution in [-0.2, 0) is 11.2 Å². The monoisotopic (exact) mass is 472 g/mol. The summed E-state index contributed by atoms with van der Waals surface area (Å²) in [4.78, 5) is 21.3. The van der Waals surface area contributed by atoms with Crippen molar-refractivity contribution in [2.75, 3.05) is 19.0 Å². The van der Waals surface area contributed by atoms with Crippen molar-refractivity contribution in [1.82, 2.24) is 9.97 Å². The molecule has 1 aromatic heterocycles. The van der Waals surface area contributed by atoms with Gasteiger partial charge in [0.2, 0.25) is 5.88 Å². The molecule has 1 aliphatic rings. The summed E-state index contributed by atoms with van der Waals surface area (Å²) in [6.45, 7) is 2.50. The number of halogens is 2. The molecule has 4 rings (SSSR count). The van der Waals surface area contributed by atoms with Crippen molar-refractivity contribution >= 4 is 34.9 Å². The number of anilines is 1. The number of primary amides is 1. The highest BCUT2D eigenvalue weighted by molar-refractivity contribution is 6.36. The average Bonchev–Trinajstić information content (AvgIpc) is 3.11. The zero-order valence-electron chi connectivity index (χ0n) is 17.6. The van der Waals surface area contributed by atoms with E-state index in [-0.39, 0.29) is 29.5 Å². The van der Waals surface area contributed by atoms with Gasteiger partial charge in [-0.3, -0.25) is 4.79 Å². The Morgan fingerprint density at radius 3 is 2.69 bits per heavy atom. The zero-order chi connectivity index (χ0) is 22.8. The molecule has 0 unspecified atom stereocenters. The van der Waals surface area contributed by atoms with E-state index in [1.165, 1.54) is 12.7 Å². The molecule has 32 heavy (non-hydrogen) atoms. The largest absolute Gasteiger partial charge is 0.479 e. The van der Waals surface area contributed by atoms with E-state index in [1.54, 1.807) is 18.2 Å². The minimum atomic E-state index is -0.728. The minimum absolute atomic E-state index is 0.0218. The third-order valence-electron chi connectivity index (χ3n) is 5.33. The number of nitrogens with one attached hydrogen (secondary N) is 1. The highest BCUT2D eigenvalue weighted by atomic mass is 35.5. The Hall–Kier alpha value is -2.87. The highest BCUT2D eigenvalue weighted by Crippen LogP contribution is 2.39. The number of hydrogen-bond acceptors (Lipinski definition) is 6. The van der Waals surface area contributed by atoms with Crippen LogP contribution in [0.2, 0.25) is 10.0 Å². The van der Waals surface area contributed by atoms with Gasteiger partial charge < -0.3 is 20.5 Å². The molecule has 166 valence electrons. The first-order valence-electron chi connectivity index (χ1n) is 10.1. The summed E-state index contributed by atoms with van der Waals surface area (Å²) >= 11 is 12.4. The van der Waals surface area contributed by atoms with E-state index >= 15 is 0 Å². The van der Waals surface area contributed by atoms with Crippen LogP contribution >= 0.6 is 23.2 Å².